The summed E-state index contributed by atoms with van der Waals surface area (Å²) in [5.41, 5.74) is 0.0590. The quantitative estimate of drug-likeness (QED) is 0.610. The lowest BCUT2D eigenvalue weighted by molar-refractivity contribution is 0.358. The molecule has 3 heterocycles. The van der Waals surface area contributed by atoms with Crippen LogP contribution >= 0.6 is 11.9 Å². The van der Waals surface area contributed by atoms with Gasteiger partial charge in [0.2, 0.25) is 5.95 Å². The molecule has 6 nitrogen and oxygen atoms in total. The highest BCUT2D eigenvalue weighted by Gasteiger charge is 2.20. The van der Waals surface area contributed by atoms with Crippen LogP contribution in [0.15, 0.2) is 17.1 Å². The van der Waals surface area contributed by atoms with Crippen LogP contribution in [0.5, 0.6) is 0 Å². The van der Waals surface area contributed by atoms with Crippen molar-refractivity contribution in [2.75, 3.05) is 24.7 Å². The summed E-state index contributed by atoms with van der Waals surface area (Å²) >= 11 is 1.76. The summed E-state index contributed by atoms with van der Waals surface area (Å²) < 4.78 is 2.33. The number of anilines is 1. The normalized spacial score (nSPS) is 17.2. The van der Waals surface area contributed by atoms with Gasteiger partial charge in [-0.05, 0) is 30.7 Å². The minimum absolute atomic E-state index is 0.0868. The van der Waals surface area contributed by atoms with Gasteiger partial charge >= 0.3 is 0 Å². The Bertz CT molecular complexity index is 786. The second-order valence-corrected chi connectivity index (χ2v) is 6.85. The van der Waals surface area contributed by atoms with Gasteiger partial charge in [0, 0.05) is 30.7 Å². The molecule has 0 aliphatic carbocycles. The van der Waals surface area contributed by atoms with Gasteiger partial charge in [-0.1, -0.05) is 11.9 Å². The molecule has 1 saturated heterocycles. The smallest absolute Gasteiger partial charge is 0.251 e. The summed E-state index contributed by atoms with van der Waals surface area (Å²) in [5.74, 6) is 0.494. The zero-order valence-corrected chi connectivity index (χ0v) is 14.3. The van der Waals surface area contributed by atoms with Gasteiger partial charge in [0.25, 0.3) is 5.56 Å². The van der Waals surface area contributed by atoms with E-state index in [1.807, 2.05) is 0 Å². The zero-order valence-electron chi connectivity index (χ0n) is 13.5. The van der Waals surface area contributed by atoms with E-state index in [9.17, 15) is 4.79 Å². The molecule has 0 saturated carbocycles. The molecule has 0 amide bonds. The average molecular weight is 335 g/mol. The molecule has 2 aromatic heterocycles. The first kappa shape index (κ1) is 17.4. The molecule has 118 valence electrons. The predicted molar refractivity (Wildman–Crippen MR) is 101 cm³/mol. The van der Waals surface area contributed by atoms with E-state index in [-0.39, 0.29) is 5.56 Å². The van der Waals surface area contributed by atoms with Crippen molar-refractivity contribution in [3.05, 3.63) is 28.2 Å². The van der Waals surface area contributed by atoms with Crippen molar-refractivity contribution in [2.45, 2.75) is 24.0 Å². The van der Waals surface area contributed by atoms with Crippen LogP contribution in [0.4, 0.5) is 5.95 Å². The van der Waals surface area contributed by atoms with Crippen LogP contribution in [0.1, 0.15) is 18.4 Å². The van der Waals surface area contributed by atoms with Crippen molar-refractivity contribution >= 4 is 52.5 Å². The monoisotopic (exact) mass is 335 g/mol. The van der Waals surface area contributed by atoms with E-state index in [1.54, 1.807) is 18.1 Å². The van der Waals surface area contributed by atoms with Crippen LogP contribution in [0.25, 0.3) is 11.0 Å². The summed E-state index contributed by atoms with van der Waals surface area (Å²) in [6.07, 6.45) is 5.75. The predicted octanol–water partition coefficient (Wildman–Crippen LogP) is 0.0882. The number of nitrogens with zero attached hydrogens (tertiary/aromatic N) is 3. The molecule has 0 spiro atoms. The van der Waals surface area contributed by atoms with Gasteiger partial charge in [-0.25, -0.2) is 4.98 Å². The summed E-state index contributed by atoms with van der Waals surface area (Å²) in [6.45, 7) is 2.05. The highest BCUT2D eigenvalue weighted by molar-refractivity contribution is 7.96. The number of fused-ring (bicyclic) bond motifs is 1. The maximum atomic E-state index is 12.1. The van der Waals surface area contributed by atoms with Crippen molar-refractivity contribution in [1.82, 2.24) is 19.3 Å². The molecule has 1 aliphatic rings. The number of aromatic nitrogens is 3. The topological polar surface area (TPSA) is 73.9 Å². The standard InChI is InChI=1S/C14H16B3N5OS/c1-24-22-4-2-9(3-5-22)19-13-18-7-8-6-10(14(15,16)17)12(23)20-11(8)21-13/h6-7,9H,2-5H2,1H3,(H2,18,19,20,21,23). The number of nitrogens with one attached hydrogen (secondary N) is 2. The number of rotatable bonds is 4. The molecule has 6 radical (unpaired) electrons. The fourth-order valence-electron chi connectivity index (χ4n) is 2.75. The number of piperidine rings is 1. The van der Waals surface area contributed by atoms with Crippen LogP contribution in [-0.2, 0) is 5.11 Å². The van der Waals surface area contributed by atoms with Crippen molar-refractivity contribution in [3.63, 3.8) is 0 Å². The second kappa shape index (κ2) is 6.84. The van der Waals surface area contributed by atoms with E-state index in [0.717, 1.165) is 25.9 Å². The fourth-order valence-corrected chi connectivity index (χ4v) is 3.33. The molecule has 0 aromatic carbocycles. The van der Waals surface area contributed by atoms with Gasteiger partial charge in [0.05, 0.1) is 23.5 Å². The molecule has 2 aromatic rings. The van der Waals surface area contributed by atoms with E-state index in [2.05, 4.69) is 30.8 Å². The summed E-state index contributed by atoms with van der Waals surface area (Å²) in [4.78, 5) is 23.4. The van der Waals surface area contributed by atoms with Crippen LogP contribution in [-0.4, -0.2) is 68.2 Å². The summed E-state index contributed by atoms with van der Waals surface area (Å²) in [7, 11) is 16.8. The Kier molecular flexibility index (Phi) is 4.96. The van der Waals surface area contributed by atoms with Gasteiger partial charge in [0.15, 0.2) is 0 Å². The van der Waals surface area contributed by atoms with E-state index >= 15 is 0 Å². The first-order chi connectivity index (χ1) is 11.4. The van der Waals surface area contributed by atoms with Gasteiger partial charge in [0.1, 0.15) is 5.65 Å². The van der Waals surface area contributed by atoms with Crippen molar-refractivity contribution in [1.29, 1.82) is 0 Å². The van der Waals surface area contributed by atoms with Gasteiger partial charge in [-0.15, -0.1) is 5.11 Å². The van der Waals surface area contributed by atoms with Crippen LogP contribution in [0.2, 0.25) is 0 Å². The maximum absolute atomic E-state index is 12.1. The average Bonchev–Trinajstić information content (AvgIpc) is 2.54. The lowest BCUT2D eigenvalue weighted by Crippen LogP contribution is -2.36. The molecule has 0 atom stereocenters. The van der Waals surface area contributed by atoms with Crippen molar-refractivity contribution in [2.24, 2.45) is 0 Å². The minimum atomic E-state index is -1.70. The number of hydrogen-bond acceptors (Lipinski definition) is 6. The molecular formula is C14H16B3N5OS. The highest BCUT2D eigenvalue weighted by atomic mass is 32.2. The van der Waals surface area contributed by atoms with Crippen LogP contribution in [0.3, 0.4) is 0 Å². The maximum Gasteiger partial charge on any atom is 0.251 e. The Morgan fingerprint density at radius 2 is 2.08 bits per heavy atom. The molecule has 3 rings (SSSR count). The Labute approximate surface area is 149 Å². The molecule has 1 fully saturated rings. The van der Waals surface area contributed by atoms with Crippen molar-refractivity contribution < 1.29 is 0 Å². The first-order valence-corrected chi connectivity index (χ1v) is 8.88. The third-order valence-electron chi connectivity index (χ3n) is 4.11. The number of pyridine rings is 1. The zero-order chi connectivity index (χ0) is 17.3. The fraction of sp³-hybridized carbons (Fsp3) is 0.500. The molecule has 0 bridgehead atoms. The minimum Gasteiger partial charge on any atom is -0.351 e. The SMILES string of the molecule is [B]C([B])([B])c1cc2cnc(NC3CCN(SC)CC3)nc2[nH]c1=O. The third kappa shape index (κ3) is 3.80. The largest absolute Gasteiger partial charge is 0.351 e. The Morgan fingerprint density at radius 3 is 2.71 bits per heavy atom. The molecule has 1 aliphatic heterocycles. The van der Waals surface area contributed by atoms with E-state index < -0.39 is 10.7 Å². The number of aromatic amines is 1. The molecule has 2 N–H and O–H groups in total. The van der Waals surface area contributed by atoms with Gasteiger partial charge in [-0.2, -0.15) is 4.98 Å². The first-order valence-electron chi connectivity index (χ1n) is 7.69. The van der Waals surface area contributed by atoms with E-state index in [1.165, 1.54) is 6.07 Å². The van der Waals surface area contributed by atoms with Gasteiger partial charge in [-0.3, -0.25) is 9.10 Å². The van der Waals surface area contributed by atoms with Gasteiger partial charge < -0.3 is 10.3 Å². The van der Waals surface area contributed by atoms with Crippen LogP contribution in [0, 0.1) is 0 Å². The molecular weight excluding hydrogens is 319 g/mol. The lowest BCUT2D eigenvalue weighted by Gasteiger charge is -2.30. The molecule has 0 unspecified atom stereocenters. The second-order valence-electron chi connectivity index (χ2n) is 5.97. The van der Waals surface area contributed by atoms with E-state index in [4.69, 9.17) is 23.5 Å². The van der Waals surface area contributed by atoms with E-state index in [0.29, 0.717) is 23.0 Å². The Morgan fingerprint density at radius 1 is 1.38 bits per heavy atom. The summed E-state index contributed by atoms with van der Waals surface area (Å²) in [6, 6.07) is 1.84. The highest BCUT2D eigenvalue weighted by Crippen LogP contribution is 2.20. The third-order valence-corrected chi connectivity index (χ3v) is 4.99. The van der Waals surface area contributed by atoms with Crippen molar-refractivity contribution in [3.8, 4) is 0 Å². The molecule has 10 heteroatoms. The van der Waals surface area contributed by atoms with Crippen LogP contribution < -0.4 is 10.9 Å². The Balaban J connectivity index is 1.81. The number of H-pyrrole nitrogens is 1. The Hall–Kier alpha value is -1.41. The summed E-state index contributed by atoms with van der Waals surface area (Å²) in [5, 5.41) is 2.25. The lowest BCUT2D eigenvalue weighted by atomic mass is 9.40. The number of hydrogen-bond donors (Lipinski definition) is 2. The molecule has 24 heavy (non-hydrogen) atoms.